The van der Waals surface area contributed by atoms with Crippen LogP contribution in [0.2, 0.25) is 0 Å². The molecule has 51 heavy (non-hydrogen) atoms. The van der Waals surface area contributed by atoms with Gasteiger partial charge in [0.2, 0.25) is 5.91 Å². The van der Waals surface area contributed by atoms with E-state index < -0.39 is 17.9 Å². The number of aliphatic carboxylic acids is 1. The summed E-state index contributed by atoms with van der Waals surface area (Å²) in [6.45, 7) is 7.41. The Bertz CT molecular complexity index is 1620. The van der Waals surface area contributed by atoms with Gasteiger partial charge in [-0.05, 0) is 92.9 Å². The van der Waals surface area contributed by atoms with E-state index in [9.17, 15) is 19.5 Å². The van der Waals surface area contributed by atoms with Crippen LogP contribution in [0, 0.1) is 0 Å². The van der Waals surface area contributed by atoms with E-state index in [0.717, 1.165) is 52.8 Å². The average Bonchev–Trinajstić information content (AvgIpc) is 3.58. The maximum Gasteiger partial charge on any atom is 0.323 e. The van der Waals surface area contributed by atoms with Crippen LogP contribution in [0.5, 0.6) is 0 Å². The van der Waals surface area contributed by atoms with Gasteiger partial charge < -0.3 is 29.7 Å². The topological polar surface area (TPSA) is 135 Å². The van der Waals surface area contributed by atoms with E-state index in [1.165, 1.54) is 0 Å². The molecule has 3 aromatic carbocycles. The number of likely N-dealkylation sites (tertiary alicyclic amines) is 1. The highest BCUT2D eigenvalue weighted by Gasteiger charge is 2.39. The molecule has 10 heteroatoms. The second kappa shape index (κ2) is 17.9. The molecule has 1 amide bonds. The van der Waals surface area contributed by atoms with Crippen molar-refractivity contribution in [1.29, 1.82) is 0 Å². The minimum Gasteiger partial charge on any atom is -0.481 e. The fourth-order valence-corrected chi connectivity index (χ4v) is 6.73. The summed E-state index contributed by atoms with van der Waals surface area (Å²) in [5.74, 6) is -1.05. The summed E-state index contributed by atoms with van der Waals surface area (Å²) >= 11 is 0. The van der Waals surface area contributed by atoms with Crippen LogP contribution in [-0.2, 0) is 41.7 Å². The van der Waals surface area contributed by atoms with Crippen molar-refractivity contribution in [1.82, 2.24) is 10.2 Å². The lowest BCUT2D eigenvalue weighted by Crippen LogP contribution is -2.45. The van der Waals surface area contributed by atoms with Gasteiger partial charge in [0.25, 0.3) is 0 Å². The van der Waals surface area contributed by atoms with Crippen molar-refractivity contribution < 1.29 is 38.8 Å². The second-order valence-corrected chi connectivity index (χ2v) is 14.6. The fraction of sp³-hybridized carbons (Fsp3) is 0.488. The zero-order chi connectivity index (χ0) is 36.4. The normalized spacial score (nSPS) is 20.9. The molecule has 2 heterocycles. The number of aliphatic hydroxyl groups excluding tert-OH is 1. The van der Waals surface area contributed by atoms with Crippen LogP contribution in [0.15, 0.2) is 72.8 Å². The highest BCUT2D eigenvalue weighted by atomic mass is 16.7. The summed E-state index contributed by atoms with van der Waals surface area (Å²) in [6, 6.07) is 23.7. The van der Waals surface area contributed by atoms with Crippen LogP contribution in [0.25, 0.3) is 11.1 Å². The summed E-state index contributed by atoms with van der Waals surface area (Å²) in [5, 5.41) is 21.4. The van der Waals surface area contributed by atoms with E-state index in [1.54, 1.807) is 0 Å². The molecule has 0 aromatic heterocycles. The Morgan fingerprint density at radius 3 is 2.33 bits per heavy atom. The van der Waals surface area contributed by atoms with Crippen LogP contribution >= 0.6 is 0 Å². The Hall–Kier alpha value is -4.09. The molecule has 2 aliphatic heterocycles. The fourth-order valence-electron chi connectivity index (χ4n) is 6.73. The van der Waals surface area contributed by atoms with E-state index >= 15 is 0 Å². The Morgan fingerprint density at radius 1 is 0.882 bits per heavy atom. The predicted octanol–water partition coefficient (Wildman–Crippen LogP) is 6.85. The first-order chi connectivity index (χ1) is 24.5. The highest BCUT2D eigenvalue weighted by Crippen LogP contribution is 2.39. The number of ether oxygens (including phenoxy) is 3. The number of carboxylic acid groups (broad SMARTS) is 1. The smallest absolute Gasteiger partial charge is 0.323 e. The number of nitrogens with zero attached hydrogens (tertiary/aromatic N) is 1. The molecule has 0 spiro atoms. The van der Waals surface area contributed by atoms with Gasteiger partial charge in [-0.2, -0.15) is 0 Å². The van der Waals surface area contributed by atoms with Gasteiger partial charge in [-0.15, -0.1) is 0 Å². The number of hydrogen-bond acceptors (Lipinski definition) is 8. The zero-order valence-electron chi connectivity index (χ0n) is 30.0. The van der Waals surface area contributed by atoms with Crippen molar-refractivity contribution in [3.05, 3.63) is 95.1 Å². The number of carbonyl (C=O) groups excluding carboxylic acids is 2. The van der Waals surface area contributed by atoms with Crippen molar-refractivity contribution in [2.24, 2.45) is 0 Å². The minimum absolute atomic E-state index is 0.0300. The monoisotopic (exact) mass is 700 g/mol. The van der Waals surface area contributed by atoms with E-state index in [1.807, 2.05) is 81.4 Å². The van der Waals surface area contributed by atoms with Gasteiger partial charge >= 0.3 is 11.9 Å². The molecular weight excluding hydrogens is 648 g/mol. The molecule has 0 radical (unpaired) electrons. The summed E-state index contributed by atoms with van der Waals surface area (Å²) in [4.78, 5) is 38.4. The molecule has 0 bridgehead atoms. The average molecular weight is 701 g/mol. The maximum atomic E-state index is 13.1. The Morgan fingerprint density at radius 2 is 1.61 bits per heavy atom. The first kappa shape index (κ1) is 38.1. The summed E-state index contributed by atoms with van der Waals surface area (Å²) in [5.41, 5.74) is 5.11. The molecule has 0 saturated carbocycles. The first-order valence-electron chi connectivity index (χ1n) is 18.1. The molecule has 5 rings (SSSR count). The first-order valence-corrected chi connectivity index (χ1v) is 18.1. The molecule has 4 atom stereocenters. The Kier molecular flexibility index (Phi) is 13.4. The maximum absolute atomic E-state index is 13.1. The van der Waals surface area contributed by atoms with Gasteiger partial charge in [-0.3, -0.25) is 19.3 Å². The number of carboxylic acids is 1. The van der Waals surface area contributed by atoms with E-state index in [-0.39, 0.29) is 43.2 Å². The van der Waals surface area contributed by atoms with Crippen molar-refractivity contribution in [3.8, 4) is 11.1 Å². The van der Waals surface area contributed by atoms with Crippen molar-refractivity contribution in [3.63, 3.8) is 0 Å². The van der Waals surface area contributed by atoms with Crippen molar-refractivity contribution in [2.75, 3.05) is 13.1 Å². The van der Waals surface area contributed by atoms with E-state index in [0.29, 0.717) is 45.2 Å². The molecule has 2 aliphatic rings. The van der Waals surface area contributed by atoms with Crippen LogP contribution < -0.4 is 5.32 Å². The third kappa shape index (κ3) is 11.5. The second-order valence-electron chi connectivity index (χ2n) is 14.6. The summed E-state index contributed by atoms with van der Waals surface area (Å²) in [7, 11) is 0. The summed E-state index contributed by atoms with van der Waals surface area (Å²) in [6.07, 6.45) is 3.63. The zero-order valence-corrected chi connectivity index (χ0v) is 30.0. The SMILES string of the molecule is CC(C)(C)OC(=O)[C@@H]1CCCN1C[C@@H]1C[C@H](c2ccc(CO)cc2)O[C@H](c2cccc(-c3cccc(CNC(=O)CCCCCC(=O)O)c3)c2)O1. The van der Waals surface area contributed by atoms with Gasteiger partial charge in [0.1, 0.15) is 11.6 Å². The van der Waals surface area contributed by atoms with E-state index in [4.69, 9.17) is 19.3 Å². The lowest BCUT2D eigenvalue weighted by Gasteiger charge is -2.38. The van der Waals surface area contributed by atoms with Crippen molar-refractivity contribution >= 4 is 17.8 Å². The molecule has 2 saturated heterocycles. The number of aliphatic hydroxyl groups is 1. The lowest BCUT2D eigenvalue weighted by molar-refractivity contribution is -0.253. The number of benzene rings is 3. The van der Waals surface area contributed by atoms with Gasteiger partial charge in [-0.25, -0.2) is 0 Å². The third-order valence-electron chi connectivity index (χ3n) is 9.30. The molecular formula is C41H52N2O8. The standard InChI is InChI=1S/C41H52N2O8/c1-41(2,3)51-39(48)35-14-9-21-43(35)26-34-24-36(30-19-17-28(27-44)18-20-30)50-40(49-34)33-13-8-12-32(23-33)31-11-7-10-29(22-31)25-42-37(45)15-5-4-6-16-38(46)47/h7-8,10-13,17-20,22-23,34-36,40,44H,4-6,9,14-16,21,24-27H2,1-3H3,(H,42,45)(H,46,47)/t34-,35-,36+,40+/m0/s1. The third-order valence-corrected chi connectivity index (χ3v) is 9.30. The molecule has 274 valence electrons. The molecule has 3 aromatic rings. The van der Waals surface area contributed by atoms with Crippen LogP contribution in [0.3, 0.4) is 0 Å². The molecule has 10 nitrogen and oxygen atoms in total. The lowest BCUT2D eigenvalue weighted by atomic mass is 9.98. The molecule has 0 aliphatic carbocycles. The van der Waals surface area contributed by atoms with Gasteiger partial charge in [0, 0.05) is 37.9 Å². The predicted molar refractivity (Wildman–Crippen MR) is 193 cm³/mol. The van der Waals surface area contributed by atoms with Gasteiger partial charge in [-0.1, -0.05) is 67.1 Å². The van der Waals surface area contributed by atoms with Crippen LogP contribution in [-0.4, -0.2) is 63.8 Å². The van der Waals surface area contributed by atoms with Crippen LogP contribution in [0.1, 0.15) is 107 Å². The largest absolute Gasteiger partial charge is 0.481 e. The Balaban J connectivity index is 1.29. The van der Waals surface area contributed by atoms with E-state index in [2.05, 4.69) is 22.3 Å². The number of unbranched alkanes of at least 4 members (excludes halogenated alkanes) is 2. The number of nitrogens with one attached hydrogen (secondary N) is 1. The van der Waals surface area contributed by atoms with Crippen LogP contribution in [0.4, 0.5) is 0 Å². The van der Waals surface area contributed by atoms with Gasteiger partial charge in [0.05, 0.1) is 18.8 Å². The number of hydrogen-bond donors (Lipinski definition) is 3. The number of rotatable bonds is 15. The summed E-state index contributed by atoms with van der Waals surface area (Å²) < 4.78 is 19.1. The number of amides is 1. The molecule has 3 N–H and O–H groups in total. The quantitative estimate of drug-likeness (QED) is 0.115. The molecule has 0 unspecified atom stereocenters. The molecule has 2 fully saturated rings. The number of esters is 1. The number of carbonyl (C=O) groups is 3. The van der Waals surface area contributed by atoms with Crippen molar-refractivity contribution in [2.45, 2.75) is 115 Å². The minimum atomic E-state index is -0.811. The highest BCUT2D eigenvalue weighted by molar-refractivity contribution is 5.77. The Labute approximate surface area is 301 Å². The van der Waals surface area contributed by atoms with Gasteiger partial charge in [0.15, 0.2) is 6.29 Å².